The molecule has 2 fully saturated rings. The molecule has 0 aromatic heterocycles. The topological polar surface area (TPSA) is 129 Å². The highest BCUT2D eigenvalue weighted by Crippen LogP contribution is 2.40. The van der Waals surface area contributed by atoms with Crippen molar-refractivity contribution in [3.8, 4) is 0 Å². The number of aliphatic carboxylic acids is 1. The highest BCUT2D eigenvalue weighted by Gasteiger charge is 2.37. The predicted molar refractivity (Wildman–Crippen MR) is 161 cm³/mol. The zero-order chi connectivity index (χ0) is 30.4. The van der Waals surface area contributed by atoms with Gasteiger partial charge in [0, 0.05) is 48.7 Å². The van der Waals surface area contributed by atoms with E-state index in [4.69, 9.17) is 26.2 Å². The van der Waals surface area contributed by atoms with Gasteiger partial charge in [-0.25, -0.2) is 0 Å². The quantitative estimate of drug-likeness (QED) is 0.248. The normalized spacial score (nSPS) is 22.2. The van der Waals surface area contributed by atoms with Crippen LogP contribution in [0.15, 0.2) is 72.8 Å². The summed E-state index contributed by atoms with van der Waals surface area (Å²) in [6.45, 7) is 2.03. The van der Waals surface area contributed by atoms with Gasteiger partial charge in [-0.15, -0.1) is 0 Å². The van der Waals surface area contributed by atoms with E-state index >= 15 is 0 Å². The van der Waals surface area contributed by atoms with Gasteiger partial charge in [0.1, 0.15) is 0 Å². The third-order valence-corrected chi connectivity index (χ3v) is 8.40. The Bertz CT molecular complexity index is 1390. The number of nitrogens with one attached hydrogen (secondary N) is 1. The van der Waals surface area contributed by atoms with Crippen molar-refractivity contribution in [3.63, 3.8) is 0 Å². The lowest BCUT2D eigenvalue weighted by atomic mass is 9.84. The van der Waals surface area contributed by atoms with Crippen LogP contribution in [0.4, 0.5) is 5.69 Å². The number of carbonyl (C=O) groups is 2. The van der Waals surface area contributed by atoms with E-state index in [1.54, 1.807) is 30.3 Å². The molecule has 0 spiro atoms. The first-order valence-corrected chi connectivity index (χ1v) is 14.9. The summed E-state index contributed by atoms with van der Waals surface area (Å²) in [5.74, 6) is -1.41. The number of rotatable bonds is 10. The van der Waals surface area contributed by atoms with Gasteiger partial charge in [-0.3, -0.25) is 9.59 Å². The molecule has 0 bridgehead atoms. The first-order valence-electron chi connectivity index (χ1n) is 14.5. The number of piperidine rings is 1. The number of likely N-dealkylation sites (tertiary alicyclic amines) is 1. The molecule has 3 aromatic carbocycles. The van der Waals surface area contributed by atoms with Crippen molar-refractivity contribution >= 4 is 29.2 Å². The minimum Gasteiger partial charge on any atom is -0.481 e. The number of amides is 1. The molecule has 0 unspecified atom stereocenters. The lowest BCUT2D eigenvalue weighted by molar-refractivity contribution is -0.253. The minimum absolute atomic E-state index is 0.0392. The summed E-state index contributed by atoms with van der Waals surface area (Å²) in [6.07, 6.45) is 0.317. The van der Waals surface area contributed by atoms with Gasteiger partial charge in [-0.2, -0.15) is 0 Å². The highest BCUT2D eigenvalue weighted by molar-refractivity contribution is 6.30. The van der Waals surface area contributed by atoms with E-state index in [0.29, 0.717) is 49.6 Å². The lowest BCUT2D eigenvalue weighted by Crippen LogP contribution is -2.46. The molecule has 10 heteroatoms. The van der Waals surface area contributed by atoms with Crippen LogP contribution in [0, 0.1) is 0 Å². The summed E-state index contributed by atoms with van der Waals surface area (Å²) < 4.78 is 12.9. The summed E-state index contributed by atoms with van der Waals surface area (Å²) in [5.41, 5.74) is 3.03. The molecule has 2 aliphatic rings. The second-order valence-electron chi connectivity index (χ2n) is 11.3. The molecular formula is C33H37ClN2O7. The maximum atomic E-state index is 12.2. The number of ether oxygens (including phenoxy) is 2. The largest absolute Gasteiger partial charge is 0.481 e. The van der Waals surface area contributed by atoms with Crippen LogP contribution in [-0.2, 0) is 31.3 Å². The lowest BCUT2D eigenvalue weighted by Gasteiger charge is -2.42. The van der Waals surface area contributed by atoms with Crippen LogP contribution in [-0.4, -0.2) is 57.8 Å². The van der Waals surface area contributed by atoms with Crippen LogP contribution < -0.4 is 5.32 Å². The summed E-state index contributed by atoms with van der Waals surface area (Å²) in [7, 11) is 0. The Morgan fingerprint density at radius 3 is 2.35 bits per heavy atom. The van der Waals surface area contributed by atoms with E-state index in [9.17, 15) is 19.8 Å². The maximum absolute atomic E-state index is 12.2. The van der Waals surface area contributed by atoms with Crippen LogP contribution in [0.25, 0.3) is 0 Å². The molecule has 43 heavy (non-hydrogen) atoms. The first-order chi connectivity index (χ1) is 20.7. The second kappa shape index (κ2) is 14.0. The number of hydrogen-bond donors (Lipinski definition) is 4. The molecular weight excluding hydrogens is 572 g/mol. The van der Waals surface area contributed by atoms with Crippen molar-refractivity contribution in [2.24, 2.45) is 0 Å². The van der Waals surface area contributed by atoms with Crippen LogP contribution in [0.2, 0.25) is 5.02 Å². The number of anilines is 1. The SMILES string of the molecule is O=C(O)CCC(=O)Nc1cccc([C@@H]2O[C@H](CN3CCC(O)(c4ccc(Cl)cc4)CC3)C[C@H](c3ccc(CO)cc3)O2)c1. The van der Waals surface area contributed by atoms with Gasteiger partial charge in [0.05, 0.1) is 30.8 Å². The van der Waals surface area contributed by atoms with Gasteiger partial charge >= 0.3 is 5.97 Å². The van der Waals surface area contributed by atoms with E-state index < -0.39 is 17.9 Å². The first kappa shape index (κ1) is 31.1. The van der Waals surface area contributed by atoms with E-state index in [2.05, 4.69) is 10.2 Å². The van der Waals surface area contributed by atoms with E-state index in [0.717, 1.165) is 22.3 Å². The van der Waals surface area contributed by atoms with Crippen LogP contribution in [0.1, 0.15) is 66.8 Å². The number of aliphatic hydroxyl groups is 2. The van der Waals surface area contributed by atoms with Crippen LogP contribution in [0.3, 0.4) is 0 Å². The van der Waals surface area contributed by atoms with Crippen molar-refractivity contribution in [1.29, 1.82) is 0 Å². The molecule has 3 aromatic rings. The molecule has 2 heterocycles. The van der Waals surface area contributed by atoms with Crippen molar-refractivity contribution in [2.45, 2.75) is 62.8 Å². The molecule has 228 valence electrons. The van der Waals surface area contributed by atoms with E-state index in [-0.39, 0.29) is 37.6 Å². The summed E-state index contributed by atoms with van der Waals surface area (Å²) in [6, 6.07) is 22.3. The number of halogens is 1. The fraction of sp³-hybridized carbons (Fsp3) is 0.394. The monoisotopic (exact) mass is 608 g/mol. The van der Waals surface area contributed by atoms with E-state index in [1.165, 1.54) is 0 Å². The molecule has 3 atom stereocenters. The van der Waals surface area contributed by atoms with Crippen molar-refractivity contribution in [3.05, 3.63) is 100 Å². The Labute approximate surface area is 256 Å². The van der Waals surface area contributed by atoms with Crippen molar-refractivity contribution in [2.75, 3.05) is 25.0 Å². The number of aliphatic hydroxyl groups excluding tert-OH is 1. The molecule has 0 aliphatic carbocycles. The van der Waals surface area contributed by atoms with Gasteiger partial charge in [0.2, 0.25) is 5.91 Å². The van der Waals surface area contributed by atoms with Crippen molar-refractivity contribution in [1.82, 2.24) is 4.90 Å². The van der Waals surface area contributed by atoms with E-state index in [1.807, 2.05) is 42.5 Å². The molecule has 1 amide bonds. The number of benzene rings is 3. The zero-order valence-electron chi connectivity index (χ0n) is 23.8. The standard InChI is InChI=1S/C33H37ClN2O7/c34-26-10-8-25(9-11-26)33(41)14-16-36(17-15-33)20-28-19-29(23-6-4-22(21-37)5-7-23)43-32(42-28)24-2-1-3-27(18-24)35-30(38)12-13-31(39)40/h1-11,18,28-29,32,37,41H,12-17,19-21H2,(H,35,38)(H,39,40)/t28-,29+,32+/m0/s1. The fourth-order valence-electron chi connectivity index (χ4n) is 5.68. The Hall–Kier alpha value is -3.31. The maximum Gasteiger partial charge on any atom is 0.303 e. The number of carboxylic acid groups (broad SMARTS) is 1. The average molecular weight is 609 g/mol. The molecule has 0 saturated carbocycles. The highest BCUT2D eigenvalue weighted by atomic mass is 35.5. The summed E-state index contributed by atoms with van der Waals surface area (Å²) >= 11 is 6.05. The molecule has 9 nitrogen and oxygen atoms in total. The number of nitrogens with zero attached hydrogens (tertiary/aromatic N) is 1. The summed E-state index contributed by atoms with van der Waals surface area (Å²) in [5, 5.41) is 33.1. The molecule has 5 rings (SSSR count). The minimum atomic E-state index is -1.03. The number of carbonyl (C=O) groups excluding carboxylic acids is 1. The number of hydrogen-bond acceptors (Lipinski definition) is 7. The zero-order valence-corrected chi connectivity index (χ0v) is 24.6. The molecule has 2 saturated heterocycles. The third kappa shape index (κ3) is 8.20. The second-order valence-corrected chi connectivity index (χ2v) is 11.7. The molecule has 4 N–H and O–H groups in total. The Kier molecular flexibility index (Phi) is 10.1. The van der Waals surface area contributed by atoms with Crippen LogP contribution in [0.5, 0.6) is 0 Å². The van der Waals surface area contributed by atoms with Gasteiger partial charge in [-0.1, -0.05) is 60.1 Å². The number of carboxylic acids is 1. The Morgan fingerprint density at radius 1 is 0.953 bits per heavy atom. The third-order valence-electron chi connectivity index (χ3n) is 8.15. The van der Waals surface area contributed by atoms with Gasteiger partial charge in [-0.05, 0) is 53.8 Å². The summed E-state index contributed by atoms with van der Waals surface area (Å²) in [4.78, 5) is 25.4. The molecule has 2 aliphatic heterocycles. The fourth-order valence-corrected chi connectivity index (χ4v) is 5.81. The molecule has 0 radical (unpaired) electrons. The van der Waals surface area contributed by atoms with Gasteiger partial charge < -0.3 is 35.0 Å². The van der Waals surface area contributed by atoms with Gasteiger partial charge in [0.15, 0.2) is 6.29 Å². The van der Waals surface area contributed by atoms with Crippen LogP contribution >= 0.6 is 11.6 Å². The Balaban J connectivity index is 1.29. The predicted octanol–water partition coefficient (Wildman–Crippen LogP) is 5.16. The average Bonchev–Trinajstić information content (AvgIpc) is 3.01. The smallest absolute Gasteiger partial charge is 0.303 e. The van der Waals surface area contributed by atoms with Gasteiger partial charge in [0.25, 0.3) is 0 Å². The van der Waals surface area contributed by atoms with Crippen molar-refractivity contribution < 1.29 is 34.4 Å². The Morgan fingerprint density at radius 2 is 1.67 bits per heavy atom.